The van der Waals surface area contributed by atoms with Crippen LogP contribution in [-0.2, 0) is 6.54 Å². The Kier molecular flexibility index (Phi) is 5.57. The van der Waals surface area contributed by atoms with Gasteiger partial charge in [0, 0.05) is 34.3 Å². The van der Waals surface area contributed by atoms with E-state index in [4.69, 9.17) is 4.74 Å². The van der Waals surface area contributed by atoms with E-state index in [0.29, 0.717) is 11.8 Å². The number of ether oxygens (including phenoxy) is 1. The lowest BCUT2D eigenvalue weighted by molar-refractivity contribution is 0.301. The molecule has 0 spiro atoms. The van der Waals surface area contributed by atoms with Gasteiger partial charge in [-0.3, -0.25) is 4.79 Å². The summed E-state index contributed by atoms with van der Waals surface area (Å²) in [5, 5.41) is 0. The average Bonchev–Trinajstić information content (AvgIpc) is 3.40. The summed E-state index contributed by atoms with van der Waals surface area (Å²) in [6, 6.07) is 8.33. The first-order valence-electron chi connectivity index (χ1n) is 9.00. The molecule has 0 atom stereocenters. The highest BCUT2D eigenvalue weighted by Crippen LogP contribution is 2.36. The number of rotatable bonds is 7. The van der Waals surface area contributed by atoms with Crippen molar-refractivity contribution in [2.24, 2.45) is 11.8 Å². The minimum absolute atomic E-state index is 0.0962. The molecule has 3 rings (SSSR count). The molecule has 0 bridgehead atoms. The molecular weight excluding hydrogens is 330 g/mol. The first-order valence-corrected chi connectivity index (χ1v) is 10.2. The van der Waals surface area contributed by atoms with E-state index in [2.05, 4.69) is 38.3 Å². The van der Waals surface area contributed by atoms with Crippen molar-refractivity contribution in [1.82, 2.24) is 4.57 Å². The highest BCUT2D eigenvalue weighted by atomic mass is 32.2. The van der Waals surface area contributed by atoms with Crippen LogP contribution < -0.4 is 10.3 Å². The standard InChI is InChI=1S/C21H27NO2S/c1-14(2)11-22-12-17(9-15(3)21(22)23)19-10-18(25-4)7-8-20(19)24-13-16-5-6-16/h7-10,12,14,16H,5-6,11,13H2,1-4H3. The fraction of sp³-hybridized carbons (Fsp3) is 0.476. The van der Waals surface area contributed by atoms with Gasteiger partial charge in [-0.15, -0.1) is 11.8 Å². The van der Waals surface area contributed by atoms with E-state index < -0.39 is 0 Å². The maximum atomic E-state index is 12.4. The van der Waals surface area contributed by atoms with Crippen molar-refractivity contribution < 1.29 is 4.74 Å². The lowest BCUT2D eigenvalue weighted by Gasteiger charge is -2.16. The molecule has 1 aromatic heterocycles. The summed E-state index contributed by atoms with van der Waals surface area (Å²) in [7, 11) is 0. The summed E-state index contributed by atoms with van der Waals surface area (Å²) in [6.07, 6.45) is 6.61. The maximum Gasteiger partial charge on any atom is 0.253 e. The van der Waals surface area contributed by atoms with E-state index >= 15 is 0 Å². The molecule has 0 saturated heterocycles. The van der Waals surface area contributed by atoms with E-state index in [1.165, 1.54) is 17.7 Å². The van der Waals surface area contributed by atoms with Gasteiger partial charge >= 0.3 is 0 Å². The Hall–Kier alpha value is -1.68. The lowest BCUT2D eigenvalue weighted by Crippen LogP contribution is -2.24. The number of hydrogen-bond acceptors (Lipinski definition) is 3. The predicted octanol–water partition coefficient (Wildman–Crippen LogP) is 4.99. The van der Waals surface area contributed by atoms with Gasteiger partial charge in [0.2, 0.25) is 0 Å². The van der Waals surface area contributed by atoms with Crippen molar-refractivity contribution in [3.8, 4) is 16.9 Å². The van der Waals surface area contributed by atoms with E-state index in [-0.39, 0.29) is 5.56 Å². The SMILES string of the molecule is CSc1ccc(OCC2CC2)c(-c2cc(C)c(=O)n(CC(C)C)c2)c1. The number of benzene rings is 1. The molecule has 0 unspecified atom stereocenters. The molecule has 0 amide bonds. The van der Waals surface area contributed by atoms with Gasteiger partial charge in [0.1, 0.15) is 5.75 Å². The van der Waals surface area contributed by atoms with Gasteiger partial charge < -0.3 is 9.30 Å². The first kappa shape index (κ1) is 18.1. The molecule has 1 aliphatic rings. The van der Waals surface area contributed by atoms with E-state index in [1.54, 1.807) is 11.8 Å². The Morgan fingerprint density at radius 2 is 2.04 bits per heavy atom. The molecule has 1 fully saturated rings. The molecule has 0 aliphatic heterocycles. The van der Waals surface area contributed by atoms with Crippen LogP contribution in [-0.4, -0.2) is 17.4 Å². The molecule has 25 heavy (non-hydrogen) atoms. The van der Waals surface area contributed by atoms with Gasteiger partial charge in [0.05, 0.1) is 6.61 Å². The molecular formula is C21H27NO2S. The van der Waals surface area contributed by atoms with Crippen molar-refractivity contribution >= 4 is 11.8 Å². The molecule has 1 aliphatic carbocycles. The minimum atomic E-state index is 0.0962. The van der Waals surface area contributed by atoms with E-state index in [9.17, 15) is 4.79 Å². The average molecular weight is 358 g/mol. The number of aryl methyl sites for hydroxylation is 1. The molecule has 3 nitrogen and oxygen atoms in total. The number of hydrogen-bond donors (Lipinski definition) is 0. The van der Waals surface area contributed by atoms with Crippen LogP contribution in [0.1, 0.15) is 32.3 Å². The second kappa shape index (κ2) is 7.69. The highest BCUT2D eigenvalue weighted by Gasteiger charge is 2.22. The number of aromatic nitrogens is 1. The van der Waals surface area contributed by atoms with Crippen molar-refractivity contribution in [3.63, 3.8) is 0 Å². The maximum absolute atomic E-state index is 12.4. The Bertz CT molecular complexity index is 806. The number of thioether (sulfide) groups is 1. The second-order valence-electron chi connectivity index (χ2n) is 7.38. The molecule has 0 N–H and O–H groups in total. The van der Waals surface area contributed by atoms with Crippen LogP contribution in [0.15, 0.2) is 40.2 Å². The van der Waals surface area contributed by atoms with Crippen LogP contribution in [0.2, 0.25) is 0 Å². The fourth-order valence-electron chi connectivity index (χ4n) is 2.94. The van der Waals surface area contributed by atoms with Crippen LogP contribution in [0.25, 0.3) is 11.1 Å². The summed E-state index contributed by atoms with van der Waals surface area (Å²) in [4.78, 5) is 13.6. The minimum Gasteiger partial charge on any atom is -0.493 e. The first-order chi connectivity index (χ1) is 12.0. The predicted molar refractivity (Wildman–Crippen MR) is 106 cm³/mol. The van der Waals surface area contributed by atoms with Gasteiger partial charge in [0.25, 0.3) is 5.56 Å². The monoisotopic (exact) mass is 357 g/mol. The smallest absolute Gasteiger partial charge is 0.253 e. The second-order valence-corrected chi connectivity index (χ2v) is 8.26. The summed E-state index contributed by atoms with van der Waals surface area (Å²) >= 11 is 1.72. The number of pyridine rings is 1. The van der Waals surface area contributed by atoms with Crippen molar-refractivity contribution in [2.45, 2.75) is 45.1 Å². The van der Waals surface area contributed by atoms with Gasteiger partial charge in [-0.05, 0) is 62.1 Å². The summed E-state index contributed by atoms with van der Waals surface area (Å²) in [5.41, 5.74) is 3.01. The lowest BCUT2D eigenvalue weighted by atomic mass is 10.0. The number of nitrogens with zero attached hydrogens (tertiary/aromatic N) is 1. The third-order valence-corrected chi connectivity index (χ3v) is 5.22. The quantitative estimate of drug-likeness (QED) is 0.654. The Balaban J connectivity index is 2.03. The largest absolute Gasteiger partial charge is 0.493 e. The molecule has 4 heteroatoms. The normalized spacial score (nSPS) is 14.1. The van der Waals surface area contributed by atoms with Crippen molar-refractivity contribution in [3.05, 3.63) is 46.4 Å². The molecule has 2 aromatic rings. The topological polar surface area (TPSA) is 31.2 Å². The van der Waals surface area contributed by atoms with Crippen LogP contribution in [0.4, 0.5) is 0 Å². The van der Waals surface area contributed by atoms with Gasteiger partial charge in [-0.1, -0.05) is 13.8 Å². The van der Waals surface area contributed by atoms with E-state index in [1.807, 2.05) is 23.8 Å². The van der Waals surface area contributed by atoms with Crippen molar-refractivity contribution in [1.29, 1.82) is 0 Å². The van der Waals surface area contributed by atoms with Gasteiger partial charge in [-0.2, -0.15) is 0 Å². The zero-order valence-electron chi connectivity index (χ0n) is 15.5. The Labute approximate surface area is 154 Å². The van der Waals surface area contributed by atoms with Gasteiger partial charge in [-0.25, -0.2) is 0 Å². The Morgan fingerprint density at radius 3 is 2.68 bits per heavy atom. The molecule has 0 radical (unpaired) electrons. The molecule has 1 saturated carbocycles. The third kappa shape index (κ3) is 4.49. The van der Waals surface area contributed by atoms with Crippen molar-refractivity contribution in [2.75, 3.05) is 12.9 Å². The molecule has 1 heterocycles. The zero-order valence-corrected chi connectivity index (χ0v) is 16.4. The summed E-state index contributed by atoms with van der Waals surface area (Å²) in [6.45, 7) is 7.68. The van der Waals surface area contributed by atoms with Gasteiger partial charge in [0.15, 0.2) is 0 Å². The Morgan fingerprint density at radius 1 is 1.28 bits per heavy atom. The summed E-state index contributed by atoms with van der Waals surface area (Å²) < 4.78 is 7.95. The zero-order chi connectivity index (χ0) is 18.0. The molecule has 134 valence electrons. The van der Waals surface area contributed by atoms with E-state index in [0.717, 1.165) is 35.6 Å². The summed E-state index contributed by atoms with van der Waals surface area (Å²) in [5.74, 6) is 2.05. The fourth-order valence-corrected chi connectivity index (χ4v) is 3.38. The molecule has 1 aromatic carbocycles. The highest BCUT2D eigenvalue weighted by molar-refractivity contribution is 7.98. The van der Waals surface area contributed by atoms with Crippen LogP contribution in [0, 0.1) is 18.8 Å². The van der Waals surface area contributed by atoms with Crippen LogP contribution >= 0.6 is 11.8 Å². The third-order valence-electron chi connectivity index (χ3n) is 4.50. The van der Waals surface area contributed by atoms with Crippen LogP contribution in [0.5, 0.6) is 5.75 Å². The van der Waals surface area contributed by atoms with Crippen LogP contribution in [0.3, 0.4) is 0 Å².